The highest BCUT2D eigenvalue weighted by Gasteiger charge is 2.28. The van der Waals surface area contributed by atoms with Crippen molar-refractivity contribution in [2.24, 2.45) is 0 Å². The number of hydrogen-bond donors (Lipinski definition) is 2. The van der Waals surface area contributed by atoms with Gasteiger partial charge in [0.1, 0.15) is 11.9 Å². The molecule has 1 unspecified atom stereocenters. The fraction of sp³-hybridized carbons (Fsp3) is 0.0870. The van der Waals surface area contributed by atoms with Crippen LogP contribution in [0.2, 0.25) is 5.02 Å². The molecule has 9 heteroatoms. The molecule has 0 saturated carbocycles. The average molecular weight is 468 g/mol. The zero-order valence-electron chi connectivity index (χ0n) is 16.9. The first-order chi connectivity index (χ1) is 15.4. The number of aliphatic hydroxyl groups is 1. The summed E-state index contributed by atoms with van der Waals surface area (Å²) in [6.07, 6.45) is 0.408. The van der Waals surface area contributed by atoms with Gasteiger partial charge in [-0.25, -0.2) is 12.4 Å². The van der Waals surface area contributed by atoms with E-state index in [9.17, 15) is 13.5 Å². The number of rotatable bonds is 5. The Balaban J connectivity index is 1.79. The van der Waals surface area contributed by atoms with E-state index in [1.54, 1.807) is 60.8 Å². The Morgan fingerprint density at radius 2 is 1.88 bits per heavy atom. The molecule has 0 radical (unpaired) electrons. The van der Waals surface area contributed by atoms with Gasteiger partial charge in [0.2, 0.25) is 0 Å². The Morgan fingerprint density at radius 1 is 1.09 bits per heavy atom. The van der Waals surface area contributed by atoms with Crippen molar-refractivity contribution in [1.82, 2.24) is 14.2 Å². The van der Waals surface area contributed by atoms with Gasteiger partial charge in [-0.2, -0.15) is 5.10 Å². The summed E-state index contributed by atoms with van der Waals surface area (Å²) >= 11 is 6.51. The summed E-state index contributed by atoms with van der Waals surface area (Å²) in [7, 11) is -2.55. The molecule has 0 aliphatic carbocycles. The summed E-state index contributed by atoms with van der Waals surface area (Å²) in [5.74, 6) is 0.411. The number of benzene rings is 3. The molecule has 0 amide bonds. The SMILES string of the molecule is COc1ccc2c(cc(C(O)c3ccc4[nH]ncc4c3)n2S(=O)(=O)c2ccccc2)c1Cl. The molecular formula is C23H18ClN3O4S. The van der Waals surface area contributed by atoms with Crippen molar-refractivity contribution < 1.29 is 18.3 Å². The molecule has 2 heterocycles. The van der Waals surface area contributed by atoms with Gasteiger partial charge in [0.05, 0.1) is 40.0 Å². The minimum atomic E-state index is -4.04. The molecule has 1 atom stereocenters. The summed E-state index contributed by atoms with van der Waals surface area (Å²) in [4.78, 5) is 0.100. The first-order valence-corrected chi connectivity index (χ1v) is 11.5. The molecule has 0 aliphatic rings. The normalized spacial score (nSPS) is 13.0. The van der Waals surface area contributed by atoms with Gasteiger partial charge in [-0.15, -0.1) is 0 Å². The number of aromatic nitrogens is 3. The van der Waals surface area contributed by atoms with Crippen LogP contribution >= 0.6 is 11.6 Å². The molecule has 5 rings (SSSR count). The van der Waals surface area contributed by atoms with Crippen molar-refractivity contribution in [3.63, 3.8) is 0 Å². The number of ether oxygens (including phenoxy) is 1. The van der Waals surface area contributed by atoms with E-state index < -0.39 is 16.1 Å². The van der Waals surface area contributed by atoms with Crippen LogP contribution in [0.3, 0.4) is 0 Å². The zero-order chi connectivity index (χ0) is 22.5. The molecule has 2 aromatic heterocycles. The highest BCUT2D eigenvalue weighted by atomic mass is 35.5. The van der Waals surface area contributed by atoms with E-state index in [1.807, 2.05) is 0 Å². The number of H-pyrrole nitrogens is 1. The van der Waals surface area contributed by atoms with Crippen LogP contribution in [0.4, 0.5) is 0 Å². The summed E-state index contributed by atoms with van der Waals surface area (Å²) in [6, 6.07) is 18.2. The van der Waals surface area contributed by atoms with Crippen LogP contribution < -0.4 is 4.74 Å². The molecule has 0 bridgehead atoms. The van der Waals surface area contributed by atoms with E-state index >= 15 is 0 Å². The van der Waals surface area contributed by atoms with Crippen LogP contribution in [0.15, 0.2) is 77.8 Å². The lowest BCUT2D eigenvalue weighted by Crippen LogP contribution is -2.18. The smallest absolute Gasteiger partial charge is 0.268 e. The van der Waals surface area contributed by atoms with E-state index in [1.165, 1.54) is 19.2 Å². The van der Waals surface area contributed by atoms with Gasteiger partial charge < -0.3 is 9.84 Å². The van der Waals surface area contributed by atoms with Crippen LogP contribution in [0.5, 0.6) is 5.75 Å². The van der Waals surface area contributed by atoms with Gasteiger partial charge in [0, 0.05) is 10.8 Å². The molecule has 0 fully saturated rings. The largest absolute Gasteiger partial charge is 0.495 e. The first kappa shape index (κ1) is 20.6. The maximum atomic E-state index is 13.7. The predicted octanol–water partition coefficient (Wildman–Crippen LogP) is 4.50. The third-order valence-corrected chi connectivity index (χ3v) is 7.57. The fourth-order valence-corrected chi connectivity index (χ4v) is 5.69. The number of aliphatic hydroxyl groups excluding tert-OH is 1. The maximum Gasteiger partial charge on any atom is 0.268 e. The van der Waals surface area contributed by atoms with Crippen molar-refractivity contribution in [2.75, 3.05) is 7.11 Å². The molecule has 5 aromatic rings. The van der Waals surface area contributed by atoms with Gasteiger partial charge in [0.25, 0.3) is 10.0 Å². The van der Waals surface area contributed by atoms with Gasteiger partial charge >= 0.3 is 0 Å². The molecule has 7 nitrogen and oxygen atoms in total. The Kier molecular flexibility index (Phi) is 4.93. The maximum absolute atomic E-state index is 13.7. The van der Waals surface area contributed by atoms with E-state index in [2.05, 4.69) is 10.2 Å². The number of aromatic amines is 1. The Hall–Kier alpha value is -3.33. The van der Waals surface area contributed by atoms with Crippen molar-refractivity contribution >= 4 is 43.4 Å². The van der Waals surface area contributed by atoms with E-state index in [0.717, 1.165) is 14.9 Å². The van der Waals surface area contributed by atoms with Crippen molar-refractivity contribution in [3.8, 4) is 5.75 Å². The van der Waals surface area contributed by atoms with Gasteiger partial charge in [0.15, 0.2) is 0 Å². The molecule has 0 spiro atoms. The number of fused-ring (bicyclic) bond motifs is 2. The summed E-state index contributed by atoms with van der Waals surface area (Å²) in [6.45, 7) is 0. The number of halogens is 1. The average Bonchev–Trinajstić information content (AvgIpc) is 3.44. The lowest BCUT2D eigenvalue weighted by molar-refractivity contribution is 0.215. The second-order valence-corrected chi connectivity index (χ2v) is 9.45. The lowest BCUT2D eigenvalue weighted by atomic mass is 10.0. The Morgan fingerprint density at radius 3 is 2.62 bits per heavy atom. The van der Waals surface area contributed by atoms with Gasteiger partial charge in [-0.05, 0) is 48.0 Å². The predicted molar refractivity (Wildman–Crippen MR) is 123 cm³/mol. The quantitative estimate of drug-likeness (QED) is 0.396. The monoisotopic (exact) mass is 467 g/mol. The fourth-order valence-electron chi connectivity index (χ4n) is 3.84. The number of hydrogen-bond acceptors (Lipinski definition) is 5. The molecule has 0 aliphatic heterocycles. The second kappa shape index (κ2) is 7.67. The van der Waals surface area contributed by atoms with Crippen LogP contribution in [0.25, 0.3) is 21.8 Å². The molecule has 32 heavy (non-hydrogen) atoms. The Labute approximate surface area is 188 Å². The lowest BCUT2D eigenvalue weighted by Gasteiger charge is -2.17. The topological polar surface area (TPSA) is 97.2 Å². The highest BCUT2D eigenvalue weighted by molar-refractivity contribution is 7.90. The number of nitrogens with zero attached hydrogens (tertiary/aromatic N) is 2. The standard InChI is InChI=1S/C23H18ClN3O4S/c1-31-21-10-9-19-17(22(21)24)12-20(27(19)32(29,30)16-5-3-2-4-6-16)23(28)14-7-8-18-15(11-14)13-25-26-18/h2-13,23,28H,1H3,(H,25,26). The molecular weight excluding hydrogens is 450 g/mol. The summed E-state index contributed by atoms with van der Waals surface area (Å²) < 4.78 is 33.8. The van der Waals surface area contributed by atoms with Gasteiger partial charge in [-0.1, -0.05) is 35.9 Å². The third kappa shape index (κ3) is 3.15. The summed E-state index contributed by atoms with van der Waals surface area (Å²) in [5, 5.41) is 19.7. The minimum Gasteiger partial charge on any atom is -0.495 e. The first-order valence-electron chi connectivity index (χ1n) is 9.71. The zero-order valence-corrected chi connectivity index (χ0v) is 18.4. The van der Waals surface area contributed by atoms with Crippen LogP contribution in [0.1, 0.15) is 17.4 Å². The summed E-state index contributed by atoms with van der Waals surface area (Å²) in [5.41, 5.74) is 1.85. The molecule has 162 valence electrons. The number of methoxy groups -OCH3 is 1. The van der Waals surface area contributed by atoms with E-state index in [-0.39, 0.29) is 15.6 Å². The van der Waals surface area contributed by atoms with E-state index in [4.69, 9.17) is 16.3 Å². The van der Waals surface area contributed by atoms with Crippen LogP contribution in [-0.2, 0) is 10.0 Å². The molecule has 0 saturated heterocycles. The van der Waals surface area contributed by atoms with Gasteiger partial charge in [-0.3, -0.25) is 5.10 Å². The van der Waals surface area contributed by atoms with Crippen LogP contribution in [-0.4, -0.2) is 34.8 Å². The van der Waals surface area contributed by atoms with Crippen molar-refractivity contribution in [3.05, 3.63) is 89.2 Å². The minimum absolute atomic E-state index is 0.100. The van der Waals surface area contributed by atoms with E-state index in [0.29, 0.717) is 22.2 Å². The molecule has 3 aromatic carbocycles. The highest BCUT2D eigenvalue weighted by Crippen LogP contribution is 2.39. The Bertz CT molecular complexity index is 1560. The number of nitrogens with one attached hydrogen (secondary N) is 1. The second-order valence-electron chi connectivity index (χ2n) is 7.29. The van der Waals surface area contributed by atoms with Crippen molar-refractivity contribution in [1.29, 1.82) is 0 Å². The molecule has 2 N–H and O–H groups in total. The third-order valence-electron chi connectivity index (χ3n) is 5.43. The van der Waals surface area contributed by atoms with Crippen LogP contribution in [0, 0.1) is 0 Å². The van der Waals surface area contributed by atoms with Crippen molar-refractivity contribution in [2.45, 2.75) is 11.0 Å².